The maximum Gasteiger partial charge on any atom is 0.337 e. The Morgan fingerprint density at radius 3 is 2.50 bits per heavy atom. The van der Waals surface area contributed by atoms with Crippen LogP contribution in [0.15, 0.2) is 30.3 Å². The predicted molar refractivity (Wildman–Crippen MR) is 73.7 cm³/mol. The maximum absolute atomic E-state index is 10.9. The van der Waals surface area contributed by atoms with Gasteiger partial charge in [-0.2, -0.15) is 0 Å². The summed E-state index contributed by atoms with van der Waals surface area (Å²) in [6.45, 7) is 3.58. The Kier molecular flexibility index (Phi) is 3.89. The molecule has 5 heteroatoms. The summed E-state index contributed by atoms with van der Waals surface area (Å²) in [6, 6.07) is 8.54. The first-order valence-electron chi connectivity index (χ1n) is 6.04. The third-order valence-corrected chi connectivity index (χ3v) is 2.82. The van der Waals surface area contributed by atoms with Crippen LogP contribution >= 0.6 is 0 Å². The molecule has 1 heterocycles. The second-order valence-corrected chi connectivity index (χ2v) is 4.34. The molecule has 0 atom stereocenters. The number of aromatic carboxylic acids is 1. The molecule has 0 unspecified atom stereocenters. The van der Waals surface area contributed by atoms with Crippen molar-refractivity contribution in [2.24, 2.45) is 0 Å². The molecule has 1 aromatic carbocycles. The first-order valence-corrected chi connectivity index (χ1v) is 6.04. The number of rotatable bonds is 4. The summed E-state index contributed by atoms with van der Waals surface area (Å²) < 4.78 is 10.9. The minimum atomic E-state index is -1.01. The lowest BCUT2D eigenvalue weighted by Crippen LogP contribution is -2.02. The van der Waals surface area contributed by atoms with Gasteiger partial charge >= 0.3 is 5.97 Å². The van der Waals surface area contributed by atoms with Crippen molar-refractivity contribution >= 4 is 5.97 Å². The number of methoxy groups -OCH3 is 1. The molecule has 0 aliphatic rings. The molecule has 1 N–H and O–H groups in total. The van der Waals surface area contributed by atoms with Crippen molar-refractivity contribution in [3.63, 3.8) is 0 Å². The van der Waals surface area contributed by atoms with Crippen molar-refractivity contribution in [2.45, 2.75) is 13.8 Å². The van der Waals surface area contributed by atoms with Crippen LogP contribution in [0.4, 0.5) is 0 Å². The predicted octanol–water partition coefficient (Wildman–Crippen LogP) is 3.20. The molecule has 0 radical (unpaired) electrons. The van der Waals surface area contributed by atoms with Gasteiger partial charge in [0, 0.05) is 6.07 Å². The zero-order valence-electron chi connectivity index (χ0n) is 11.5. The molecule has 5 nitrogen and oxygen atoms in total. The molecule has 1 aromatic heterocycles. The molecule has 0 aliphatic carbocycles. The molecule has 0 spiro atoms. The first-order chi connectivity index (χ1) is 9.51. The van der Waals surface area contributed by atoms with Gasteiger partial charge in [0.05, 0.1) is 18.4 Å². The van der Waals surface area contributed by atoms with Gasteiger partial charge in [0.2, 0.25) is 5.88 Å². The van der Waals surface area contributed by atoms with Crippen LogP contribution in [0.2, 0.25) is 0 Å². The number of carboxylic acids is 1. The van der Waals surface area contributed by atoms with Crippen LogP contribution in [0.3, 0.4) is 0 Å². The molecule has 2 rings (SSSR count). The van der Waals surface area contributed by atoms with Crippen LogP contribution in [-0.2, 0) is 0 Å². The number of benzene rings is 1. The summed E-state index contributed by atoms with van der Waals surface area (Å²) in [7, 11) is 1.56. The highest BCUT2D eigenvalue weighted by molar-refractivity contribution is 5.88. The monoisotopic (exact) mass is 273 g/mol. The van der Waals surface area contributed by atoms with E-state index in [0.29, 0.717) is 23.1 Å². The lowest BCUT2D eigenvalue weighted by Gasteiger charge is -2.11. The van der Waals surface area contributed by atoms with Crippen molar-refractivity contribution in [1.29, 1.82) is 0 Å². The Bertz CT molecular complexity index is 652. The zero-order chi connectivity index (χ0) is 14.7. The largest absolute Gasteiger partial charge is 0.493 e. The number of aryl methyl sites for hydroxylation is 2. The Morgan fingerprint density at radius 2 is 1.90 bits per heavy atom. The highest BCUT2D eigenvalue weighted by Gasteiger charge is 2.11. The lowest BCUT2D eigenvalue weighted by molar-refractivity contribution is 0.0695. The standard InChI is InChI=1S/C15H15NO4/c1-9-4-6-12(13(8-9)19-3)20-14-7-5-11(15(17)18)10(2)16-14/h4-8H,1-3H3,(H,17,18). The number of carboxylic acid groups (broad SMARTS) is 1. The third-order valence-electron chi connectivity index (χ3n) is 2.82. The molecule has 0 fully saturated rings. The zero-order valence-corrected chi connectivity index (χ0v) is 11.5. The third kappa shape index (κ3) is 2.88. The van der Waals surface area contributed by atoms with Crippen molar-refractivity contribution in [3.8, 4) is 17.4 Å². The topological polar surface area (TPSA) is 68.7 Å². The van der Waals surface area contributed by atoms with E-state index in [2.05, 4.69) is 4.98 Å². The summed E-state index contributed by atoms with van der Waals surface area (Å²) in [5.74, 6) is 0.462. The molecule has 0 bridgehead atoms. The van der Waals surface area contributed by atoms with E-state index in [9.17, 15) is 4.79 Å². The summed E-state index contributed by atoms with van der Waals surface area (Å²) in [5.41, 5.74) is 1.62. The molecule has 0 aliphatic heterocycles. The van der Waals surface area contributed by atoms with Crippen LogP contribution < -0.4 is 9.47 Å². The van der Waals surface area contributed by atoms with Gasteiger partial charge in [-0.1, -0.05) is 6.07 Å². The molecule has 0 saturated heterocycles. The van der Waals surface area contributed by atoms with E-state index in [1.54, 1.807) is 20.1 Å². The molecular formula is C15H15NO4. The van der Waals surface area contributed by atoms with Crippen LogP contribution in [0.25, 0.3) is 0 Å². The van der Waals surface area contributed by atoms with Crippen molar-refractivity contribution in [2.75, 3.05) is 7.11 Å². The molecule has 0 saturated carbocycles. The molecule has 2 aromatic rings. The van der Waals surface area contributed by atoms with Crippen molar-refractivity contribution in [3.05, 3.63) is 47.2 Å². The number of hydrogen-bond donors (Lipinski definition) is 1. The fourth-order valence-corrected chi connectivity index (χ4v) is 1.79. The van der Waals surface area contributed by atoms with Crippen molar-refractivity contribution < 1.29 is 19.4 Å². The summed E-state index contributed by atoms with van der Waals surface area (Å²) in [5, 5.41) is 8.96. The first kappa shape index (κ1) is 13.9. The molecular weight excluding hydrogens is 258 g/mol. The van der Waals surface area contributed by atoms with Gasteiger partial charge in [-0.3, -0.25) is 0 Å². The molecule has 104 valence electrons. The second kappa shape index (κ2) is 5.61. The van der Waals surface area contributed by atoms with E-state index in [4.69, 9.17) is 14.6 Å². The van der Waals surface area contributed by atoms with Crippen LogP contribution in [-0.4, -0.2) is 23.2 Å². The second-order valence-electron chi connectivity index (χ2n) is 4.34. The van der Waals surface area contributed by atoms with Gasteiger partial charge in [0.15, 0.2) is 11.5 Å². The lowest BCUT2D eigenvalue weighted by atomic mass is 10.2. The Hall–Kier alpha value is -2.56. The van der Waals surface area contributed by atoms with E-state index >= 15 is 0 Å². The molecule has 0 amide bonds. The average molecular weight is 273 g/mol. The highest BCUT2D eigenvalue weighted by Crippen LogP contribution is 2.31. The number of nitrogens with zero attached hydrogens (tertiary/aromatic N) is 1. The number of aromatic nitrogens is 1. The highest BCUT2D eigenvalue weighted by atomic mass is 16.5. The maximum atomic E-state index is 10.9. The summed E-state index contributed by atoms with van der Waals surface area (Å²) in [6.07, 6.45) is 0. The van der Waals surface area contributed by atoms with Gasteiger partial charge in [-0.05, 0) is 37.6 Å². The van der Waals surface area contributed by atoms with Gasteiger partial charge in [0.25, 0.3) is 0 Å². The van der Waals surface area contributed by atoms with Gasteiger partial charge in [-0.15, -0.1) is 0 Å². The quantitative estimate of drug-likeness (QED) is 0.926. The van der Waals surface area contributed by atoms with E-state index in [1.807, 2.05) is 19.1 Å². The normalized spacial score (nSPS) is 10.2. The SMILES string of the molecule is COc1cc(C)ccc1Oc1ccc(C(=O)O)c(C)n1. The Morgan fingerprint density at radius 1 is 1.15 bits per heavy atom. The number of ether oxygens (including phenoxy) is 2. The Labute approximate surface area is 116 Å². The van der Waals surface area contributed by atoms with Crippen molar-refractivity contribution in [1.82, 2.24) is 4.98 Å². The summed E-state index contributed by atoms with van der Waals surface area (Å²) in [4.78, 5) is 15.1. The van der Waals surface area contributed by atoms with Crippen LogP contribution in [0, 0.1) is 13.8 Å². The smallest absolute Gasteiger partial charge is 0.337 e. The fraction of sp³-hybridized carbons (Fsp3) is 0.200. The van der Waals surface area contributed by atoms with Crippen LogP contribution in [0.5, 0.6) is 17.4 Å². The number of pyridine rings is 1. The van der Waals surface area contributed by atoms with E-state index in [-0.39, 0.29) is 5.56 Å². The average Bonchev–Trinajstić information content (AvgIpc) is 2.40. The van der Waals surface area contributed by atoms with E-state index < -0.39 is 5.97 Å². The Balaban J connectivity index is 2.31. The van der Waals surface area contributed by atoms with E-state index in [0.717, 1.165) is 5.56 Å². The minimum Gasteiger partial charge on any atom is -0.493 e. The summed E-state index contributed by atoms with van der Waals surface area (Å²) >= 11 is 0. The minimum absolute atomic E-state index is 0.160. The van der Waals surface area contributed by atoms with Crippen LogP contribution in [0.1, 0.15) is 21.6 Å². The van der Waals surface area contributed by atoms with E-state index in [1.165, 1.54) is 12.1 Å². The number of carbonyl (C=O) groups is 1. The van der Waals surface area contributed by atoms with Gasteiger partial charge < -0.3 is 14.6 Å². The van der Waals surface area contributed by atoms with Gasteiger partial charge in [0.1, 0.15) is 0 Å². The number of hydrogen-bond acceptors (Lipinski definition) is 4. The fourth-order valence-electron chi connectivity index (χ4n) is 1.79. The van der Waals surface area contributed by atoms with Gasteiger partial charge in [-0.25, -0.2) is 9.78 Å². The molecule has 20 heavy (non-hydrogen) atoms.